The Morgan fingerprint density at radius 1 is 1.15 bits per heavy atom. The van der Waals surface area contributed by atoms with Crippen LogP contribution in [0.1, 0.15) is 12.5 Å². The molecular formula is C20H17ClN2O3S. The predicted octanol–water partition coefficient (Wildman–Crippen LogP) is 3.01. The molecule has 0 spiro atoms. The third-order valence-electron chi connectivity index (χ3n) is 4.05. The number of nitrogens with one attached hydrogen (secondary N) is 1. The molecule has 7 heteroatoms. The number of anilines is 1. The first-order valence-electron chi connectivity index (χ1n) is 8.21. The summed E-state index contributed by atoms with van der Waals surface area (Å²) in [4.78, 5) is 26.5. The minimum atomic E-state index is -1.39. The predicted molar refractivity (Wildman–Crippen MR) is 109 cm³/mol. The van der Waals surface area contributed by atoms with E-state index in [9.17, 15) is 14.7 Å². The second-order valence-corrected chi connectivity index (χ2v) is 7.28. The lowest BCUT2D eigenvalue weighted by Crippen LogP contribution is -2.54. The van der Waals surface area contributed by atoms with Gasteiger partial charge in [-0.3, -0.25) is 19.8 Å². The van der Waals surface area contributed by atoms with Gasteiger partial charge in [0.25, 0.3) is 11.8 Å². The van der Waals surface area contributed by atoms with Crippen molar-refractivity contribution in [3.63, 3.8) is 0 Å². The van der Waals surface area contributed by atoms with Crippen LogP contribution in [0, 0.1) is 0 Å². The number of carbonyl (C=O) groups is 2. The van der Waals surface area contributed by atoms with Gasteiger partial charge in [0, 0.05) is 11.4 Å². The second-order valence-electron chi connectivity index (χ2n) is 6.45. The summed E-state index contributed by atoms with van der Waals surface area (Å²) in [6.45, 7) is 1.55. The zero-order valence-electron chi connectivity index (χ0n) is 14.5. The van der Waals surface area contributed by atoms with E-state index in [-0.39, 0.29) is 17.1 Å². The quantitative estimate of drug-likeness (QED) is 0.470. The molecule has 2 N–H and O–H groups in total. The molecule has 2 aromatic carbocycles. The van der Waals surface area contributed by atoms with Gasteiger partial charge in [0.2, 0.25) is 0 Å². The lowest BCUT2D eigenvalue weighted by atomic mass is 9.93. The number of aliphatic hydroxyl groups is 1. The highest BCUT2D eigenvalue weighted by Gasteiger charge is 2.36. The second kappa shape index (κ2) is 7.60. The van der Waals surface area contributed by atoms with Crippen molar-refractivity contribution >= 4 is 46.4 Å². The summed E-state index contributed by atoms with van der Waals surface area (Å²) in [7, 11) is 0. The topological polar surface area (TPSA) is 69.6 Å². The van der Waals surface area contributed by atoms with Crippen LogP contribution in [0.25, 0.3) is 0 Å². The molecule has 0 bridgehead atoms. The lowest BCUT2D eigenvalue weighted by Gasteiger charge is -2.30. The monoisotopic (exact) mass is 400 g/mol. The zero-order valence-corrected chi connectivity index (χ0v) is 16.1. The standard InChI is InChI=1S/C20H17ClN2O3S/c1-20(26,11-13-5-3-2-4-6-13)12-16-17(24)22-19(27)23(18(16)25)15-9-7-14(21)8-10-15/h2-10,12,26H,11H2,1H3,(H,22,24,27). The van der Waals surface area contributed by atoms with Crippen molar-refractivity contribution in [2.75, 3.05) is 4.90 Å². The Morgan fingerprint density at radius 3 is 2.41 bits per heavy atom. The molecule has 1 atom stereocenters. The number of halogens is 1. The molecule has 3 rings (SSSR count). The molecule has 0 radical (unpaired) electrons. The maximum atomic E-state index is 12.9. The van der Waals surface area contributed by atoms with E-state index in [1.165, 1.54) is 11.0 Å². The van der Waals surface area contributed by atoms with Crippen LogP contribution >= 0.6 is 23.8 Å². The van der Waals surface area contributed by atoms with Gasteiger partial charge in [-0.2, -0.15) is 0 Å². The van der Waals surface area contributed by atoms with Gasteiger partial charge in [0.05, 0.1) is 11.3 Å². The molecule has 1 fully saturated rings. The summed E-state index contributed by atoms with van der Waals surface area (Å²) in [5, 5.41) is 13.7. The molecule has 138 valence electrons. The van der Waals surface area contributed by atoms with E-state index in [2.05, 4.69) is 5.32 Å². The molecule has 2 aromatic rings. The van der Waals surface area contributed by atoms with Crippen molar-refractivity contribution in [2.24, 2.45) is 0 Å². The number of benzene rings is 2. The van der Waals surface area contributed by atoms with Crippen molar-refractivity contribution in [3.05, 3.63) is 76.8 Å². The lowest BCUT2D eigenvalue weighted by molar-refractivity contribution is -0.122. The van der Waals surface area contributed by atoms with Gasteiger partial charge in [-0.1, -0.05) is 41.9 Å². The Kier molecular flexibility index (Phi) is 5.41. The van der Waals surface area contributed by atoms with E-state index in [0.29, 0.717) is 10.7 Å². The van der Waals surface area contributed by atoms with E-state index >= 15 is 0 Å². The fourth-order valence-corrected chi connectivity index (χ4v) is 3.26. The normalized spacial score (nSPS) is 18.4. The molecule has 1 aliphatic rings. The Hall–Kier alpha value is -2.54. The van der Waals surface area contributed by atoms with E-state index in [4.69, 9.17) is 23.8 Å². The van der Waals surface area contributed by atoms with Crippen LogP contribution in [-0.4, -0.2) is 27.6 Å². The molecule has 0 aromatic heterocycles. The third-order valence-corrected chi connectivity index (χ3v) is 4.58. The van der Waals surface area contributed by atoms with Crippen LogP contribution in [-0.2, 0) is 16.0 Å². The van der Waals surface area contributed by atoms with E-state index < -0.39 is 17.4 Å². The first-order chi connectivity index (χ1) is 12.8. The minimum absolute atomic E-state index is 0.0211. The molecular weight excluding hydrogens is 384 g/mol. The maximum absolute atomic E-state index is 12.9. The average molecular weight is 401 g/mol. The smallest absolute Gasteiger partial charge is 0.270 e. The van der Waals surface area contributed by atoms with Crippen molar-refractivity contribution in [3.8, 4) is 0 Å². The Bertz CT molecular complexity index is 924. The number of amides is 2. The molecule has 0 saturated carbocycles. The summed E-state index contributed by atoms with van der Waals surface area (Å²) in [5.74, 6) is -1.23. The van der Waals surface area contributed by atoms with Gasteiger partial charge in [0.15, 0.2) is 5.11 Å². The van der Waals surface area contributed by atoms with E-state index in [1.807, 2.05) is 30.3 Å². The van der Waals surface area contributed by atoms with Gasteiger partial charge in [0.1, 0.15) is 5.57 Å². The van der Waals surface area contributed by atoms with Crippen LogP contribution < -0.4 is 10.2 Å². The molecule has 5 nitrogen and oxygen atoms in total. The number of thiocarbonyl (C=S) groups is 1. The molecule has 1 saturated heterocycles. The highest BCUT2D eigenvalue weighted by atomic mass is 35.5. The van der Waals surface area contributed by atoms with Crippen molar-refractivity contribution in [1.82, 2.24) is 5.32 Å². The number of carbonyl (C=O) groups excluding carboxylic acids is 2. The molecule has 1 unspecified atom stereocenters. The first kappa shape index (κ1) is 19.2. The molecule has 1 aliphatic heterocycles. The van der Waals surface area contributed by atoms with Gasteiger partial charge in [-0.15, -0.1) is 0 Å². The molecule has 1 heterocycles. The fourth-order valence-electron chi connectivity index (χ4n) is 2.85. The number of nitrogens with zero attached hydrogens (tertiary/aromatic N) is 1. The van der Waals surface area contributed by atoms with E-state index in [0.717, 1.165) is 5.56 Å². The summed E-state index contributed by atoms with van der Waals surface area (Å²) in [5.41, 5.74) is -0.204. The average Bonchev–Trinajstić information content (AvgIpc) is 2.61. The van der Waals surface area contributed by atoms with Crippen LogP contribution in [0.4, 0.5) is 5.69 Å². The Labute approximate surface area is 167 Å². The summed E-state index contributed by atoms with van der Waals surface area (Å²) in [6.07, 6.45) is 1.53. The van der Waals surface area contributed by atoms with Crippen molar-refractivity contribution in [2.45, 2.75) is 18.9 Å². The summed E-state index contributed by atoms with van der Waals surface area (Å²) < 4.78 is 0. The van der Waals surface area contributed by atoms with Gasteiger partial charge >= 0.3 is 0 Å². The molecule has 0 aliphatic carbocycles. The fraction of sp³-hybridized carbons (Fsp3) is 0.150. The summed E-state index contributed by atoms with van der Waals surface area (Å²) in [6, 6.07) is 15.8. The highest BCUT2D eigenvalue weighted by Crippen LogP contribution is 2.25. The van der Waals surface area contributed by atoms with E-state index in [1.54, 1.807) is 31.2 Å². The third kappa shape index (κ3) is 4.42. The first-order valence-corrected chi connectivity index (χ1v) is 9.00. The minimum Gasteiger partial charge on any atom is -0.386 e. The largest absolute Gasteiger partial charge is 0.386 e. The number of rotatable bonds is 4. The molecule has 2 amide bonds. The van der Waals surface area contributed by atoms with Gasteiger partial charge < -0.3 is 5.11 Å². The molecule has 27 heavy (non-hydrogen) atoms. The van der Waals surface area contributed by atoms with Gasteiger partial charge in [-0.05, 0) is 55.0 Å². The van der Waals surface area contributed by atoms with Crippen molar-refractivity contribution < 1.29 is 14.7 Å². The highest BCUT2D eigenvalue weighted by molar-refractivity contribution is 7.80. The maximum Gasteiger partial charge on any atom is 0.270 e. The summed E-state index contributed by atoms with van der Waals surface area (Å²) >= 11 is 11.0. The van der Waals surface area contributed by atoms with Crippen LogP contribution in [0.2, 0.25) is 5.02 Å². The van der Waals surface area contributed by atoms with Crippen LogP contribution in [0.3, 0.4) is 0 Å². The van der Waals surface area contributed by atoms with Gasteiger partial charge in [-0.25, -0.2) is 0 Å². The number of hydrogen-bond acceptors (Lipinski definition) is 4. The van der Waals surface area contributed by atoms with Crippen LogP contribution in [0.5, 0.6) is 0 Å². The number of hydrogen-bond donors (Lipinski definition) is 2. The SMILES string of the molecule is CC(O)(C=C1C(=O)NC(=S)N(c2ccc(Cl)cc2)C1=O)Cc1ccccc1. The zero-order chi connectivity index (χ0) is 19.6. The Morgan fingerprint density at radius 2 is 1.78 bits per heavy atom. The van der Waals surface area contributed by atoms with Crippen molar-refractivity contribution in [1.29, 1.82) is 0 Å². The Balaban J connectivity index is 1.92. The van der Waals surface area contributed by atoms with Crippen LogP contribution in [0.15, 0.2) is 66.2 Å².